The van der Waals surface area contributed by atoms with Gasteiger partial charge >= 0.3 is 0 Å². The van der Waals surface area contributed by atoms with E-state index in [1.807, 2.05) is 6.07 Å². The normalized spacial score (nSPS) is 13.8. The summed E-state index contributed by atoms with van der Waals surface area (Å²) in [4.78, 5) is 0. The molecule has 0 amide bonds. The lowest BCUT2D eigenvalue weighted by atomic mass is 10.2. The maximum absolute atomic E-state index is 10.9. The molecule has 1 aliphatic heterocycles. The van der Waals surface area contributed by atoms with Gasteiger partial charge in [-0.2, -0.15) is 9.83 Å². The van der Waals surface area contributed by atoms with E-state index >= 15 is 0 Å². The Kier molecular flexibility index (Phi) is 3.38. The number of pyridine rings is 1. The molecule has 21 heavy (non-hydrogen) atoms. The van der Waals surface area contributed by atoms with E-state index < -0.39 is 0 Å². The molecule has 0 radical (unpaired) electrons. The molecule has 0 spiro atoms. The number of aromatic nitrogens is 1. The number of hydrogen-bond donors (Lipinski definition) is 1. The molecule has 2 N–H and O–H groups in total. The van der Waals surface area contributed by atoms with Crippen LogP contribution in [0.3, 0.4) is 0 Å². The van der Waals surface area contributed by atoms with Crippen LogP contribution in [0.4, 0.5) is 0 Å². The number of nitrogens with zero attached hydrogens (tertiary/aromatic N) is 3. The predicted molar refractivity (Wildman–Crippen MR) is 76.3 cm³/mol. The zero-order valence-corrected chi connectivity index (χ0v) is 11.0. The van der Waals surface area contributed by atoms with Crippen molar-refractivity contribution in [3.63, 3.8) is 0 Å². The second-order valence-corrected chi connectivity index (χ2v) is 4.29. The average Bonchev–Trinajstić information content (AvgIpc) is 2.95. The SMILES string of the molecule is N/C(=N/N=C/c1ccc2c(c1)OCO2)c1cc[n+]([O-])cc1. The van der Waals surface area contributed by atoms with Crippen molar-refractivity contribution < 1.29 is 14.2 Å². The van der Waals surface area contributed by atoms with Crippen molar-refractivity contribution in [2.75, 3.05) is 6.79 Å². The number of nitrogens with two attached hydrogens (primary N) is 1. The van der Waals surface area contributed by atoms with E-state index in [1.54, 1.807) is 30.5 Å². The third-order valence-electron chi connectivity index (χ3n) is 2.87. The zero-order chi connectivity index (χ0) is 14.7. The standard InChI is InChI=1S/C14H12N4O3/c15-14(11-3-5-18(19)6-4-11)17-16-8-10-1-2-12-13(7-10)21-9-20-12/h1-8H,9H2,(H2,15,17)/b16-8+. The average molecular weight is 284 g/mol. The molecule has 3 rings (SSSR count). The largest absolute Gasteiger partial charge is 0.619 e. The Morgan fingerprint density at radius 1 is 1.19 bits per heavy atom. The van der Waals surface area contributed by atoms with Crippen molar-refractivity contribution >= 4 is 12.1 Å². The van der Waals surface area contributed by atoms with Gasteiger partial charge in [0.05, 0.1) is 6.21 Å². The second kappa shape index (κ2) is 5.49. The van der Waals surface area contributed by atoms with Crippen LogP contribution in [0.2, 0.25) is 0 Å². The smallest absolute Gasteiger partial charge is 0.231 e. The lowest BCUT2D eigenvalue weighted by Gasteiger charge is -1.98. The summed E-state index contributed by atoms with van der Waals surface area (Å²) in [6.07, 6.45) is 4.25. The molecular weight excluding hydrogens is 272 g/mol. The molecule has 1 aromatic carbocycles. The monoisotopic (exact) mass is 284 g/mol. The fourth-order valence-electron chi connectivity index (χ4n) is 1.79. The van der Waals surface area contributed by atoms with Gasteiger partial charge in [-0.05, 0) is 23.8 Å². The quantitative estimate of drug-likeness (QED) is 0.296. The Morgan fingerprint density at radius 3 is 2.76 bits per heavy atom. The summed E-state index contributed by atoms with van der Waals surface area (Å²) in [5.74, 6) is 1.62. The van der Waals surface area contributed by atoms with Crippen molar-refractivity contribution in [1.29, 1.82) is 0 Å². The van der Waals surface area contributed by atoms with Crippen LogP contribution in [-0.4, -0.2) is 18.8 Å². The molecule has 0 fully saturated rings. The van der Waals surface area contributed by atoms with Crippen LogP contribution in [0.15, 0.2) is 52.9 Å². The van der Waals surface area contributed by atoms with Crippen LogP contribution in [0.5, 0.6) is 11.5 Å². The van der Waals surface area contributed by atoms with Gasteiger partial charge in [0.1, 0.15) is 0 Å². The third-order valence-corrected chi connectivity index (χ3v) is 2.87. The van der Waals surface area contributed by atoms with E-state index in [0.717, 1.165) is 5.56 Å². The predicted octanol–water partition coefficient (Wildman–Crippen LogP) is 0.788. The molecule has 7 nitrogen and oxygen atoms in total. The van der Waals surface area contributed by atoms with Crippen LogP contribution in [-0.2, 0) is 0 Å². The van der Waals surface area contributed by atoms with Gasteiger partial charge in [-0.15, -0.1) is 5.10 Å². The Balaban J connectivity index is 1.74. The highest BCUT2D eigenvalue weighted by molar-refractivity contribution is 5.97. The Bertz CT molecular complexity index is 711. The topological polar surface area (TPSA) is 96.1 Å². The highest BCUT2D eigenvalue weighted by atomic mass is 16.7. The lowest BCUT2D eigenvalue weighted by Crippen LogP contribution is -2.25. The molecule has 0 saturated carbocycles. The fraction of sp³-hybridized carbons (Fsp3) is 0.0714. The minimum atomic E-state index is 0.229. The van der Waals surface area contributed by atoms with Gasteiger partial charge in [0.2, 0.25) is 6.79 Å². The maximum Gasteiger partial charge on any atom is 0.231 e. The first-order chi connectivity index (χ1) is 10.2. The molecule has 1 aromatic heterocycles. The Hall–Kier alpha value is -3.09. The van der Waals surface area contributed by atoms with Crippen molar-refractivity contribution in [2.45, 2.75) is 0 Å². The van der Waals surface area contributed by atoms with E-state index in [0.29, 0.717) is 21.8 Å². The van der Waals surface area contributed by atoms with Crippen LogP contribution < -0.4 is 19.9 Å². The van der Waals surface area contributed by atoms with Crippen molar-refractivity contribution in [3.05, 3.63) is 59.1 Å². The first-order valence-electron chi connectivity index (χ1n) is 6.18. The van der Waals surface area contributed by atoms with Gasteiger partial charge in [-0.1, -0.05) is 0 Å². The number of fused-ring (bicyclic) bond motifs is 1. The van der Waals surface area contributed by atoms with Gasteiger partial charge in [-0.3, -0.25) is 0 Å². The summed E-state index contributed by atoms with van der Waals surface area (Å²) in [5.41, 5.74) is 7.23. The van der Waals surface area contributed by atoms with Gasteiger partial charge in [0.15, 0.2) is 29.7 Å². The molecule has 0 unspecified atom stereocenters. The minimum Gasteiger partial charge on any atom is -0.619 e. The van der Waals surface area contributed by atoms with E-state index in [2.05, 4.69) is 10.2 Å². The molecule has 1 aliphatic rings. The third kappa shape index (κ3) is 2.92. The van der Waals surface area contributed by atoms with Crippen molar-refractivity contribution in [2.24, 2.45) is 15.9 Å². The van der Waals surface area contributed by atoms with E-state index in [-0.39, 0.29) is 12.6 Å². The number of rotatable bonds is 3. The summed E-state index contributed by atoms with van der Waals surface area (Å²) in [6.45, 7) is 0.231. The maximum atomic E-state index is 10.9. The first kappa shape index (κ1) is 12.9. The highest BCUT2D eigenvalue weighted by Gasteiger charge is 2.12. The summed E-state index contributed by atoms with van der Waals surface area (Å²) < 4.78 is 11.2. The van der Waals surface area contributed by atoms with E-state index in [4.69, 9.17) is 15.2 Å². The molecular formula is C14H12N4O3. The lowest BCUT2D eigenvalue weighted by molar-refractivity contribution is -0.605. The fourth-order valence-corrected chi connectivity index (χ4v) is 1.79. The summed E-state index contributed by atoms with van der Waals surface area (Å²) >= 11 is 0. The summed E-state index contributed by atoms with van der Waals surface area (Å²) in [5, 5.41) is 18.7. The Morgan fingerprint density at radius 2 is 1.95 bits per heavy atom. The van der Waals surface area contributed by atoms with Crippen LogP contribution >= 0.6 is 0 Å². The van der Waals surface area contributed by atoms with Crippen LogP contribution in [0.1, 0.15) is 11.1 Å². The molecule has 2 heterocycles. The van der Waals surface area contributed by atoms with Gasteiger partial charge in [0, 0.05) is 17.7 Å². The molecule has 106 valence electrons. The number of ether oxygens (including phenoxy) is 2. The Labute approximate surface area is 120 Å². The van der Waals surface area contributed by atoms with Gasteiger partial charge < -0.3 is 20.4 Å². The number of hydrogen-bond acceptors (Lipinski definition) is 5. The molecule has 0 atom stereocenters. The summed E-state index contributed by atoms with van der Waals surface area (Å²) in [6, 6.07) is 8.59. The minimum absolute atomic E-state index is 0.229. The van der Waals surface area contributed by atoms with Gasteiger partial charge in [-0.25, -0.2) is 0 Å². The molecule has 0 aliphatic carbocycles. The zero-order valence-electron chi connectivity index (χ0n) is 11.0. The van der Waals surface area contributed by atoms with Crippen molar-refractivity contribution in [1.82, 2.24) is 0 Å². The molecule has 0 saturated heterocycles. The van der Waals surface area contributed by atoms with Crippen molar-refractivity contribution in [3.8, 4) is 11.5 Å². The van der Waals surface area contributed by atoms with E-state index in [1.165, 1.54) is 12.4 Å². The van der Waals surface area contributed by atoms with E-state index in [9.17, 15) is 5.21 Å². The number of amidine groups is 1. The van der Waals surface area contributed by atoms with Crippen LogP contribution in [0, 0.1) is 5.21 Å². The van der Waals surface area contributed by atoms with Gasteiger partial charge in [0.25, 0.3) is 0 Å². The summed E-state index contributed by atoms with van der Waals surface area (Å²) in [7, 11) is 0. The molecule has 7 heteroatoms. The highest BCUT2D eigenvalue weighted by Crippen LogP contribution is 2.31. The second-order valence-electron chi connectivity index (χ2n) is 4.29. The molecule has 2 aromatic rings. The number of benzene rings is 1. The first-order valence-corrected chi connectivity index (χ1v) is 6.18. The molecule has 0 bridgehead atoms. The van der Waals surface area contributed by atoms with Crippen LogP contribution in [0.25, 0.3) is 0 Å².